The van der Waals surface area contributed by atoms with Crippen molar-refractivity contribution in [1.29, 1.82) is 5.26 Å². The Kier molecular flexibility index (Phi) is 8.35. The van der Waals surface area contributed by atoms with Crippen LogP contribution in [0.15, 0.2) is 54.7 Å². The van der Waals surface area contributed by atoms with Crippen molar-refractivity contribution in [3.8, 4) is 23.1 Å². The van der Waals surface area contributed by atoms with Crippen molar-refractivity contribution >= 4 is 11.6 Å². The molecule has 2 aliphatic heterocycles. The number of morpholine rings is 1. The maximum Gasteiger partial charge on any atom is 0.251 e. The number of ether oxygens (including phenoxy) is 2. The van der Waals surface area contributed by atoms with Crippen LogP contribution >= 0.6 is 0 Å². The summed E-state index contributed by atoms with van der Waals surface area (Å²) in [5, 5.41) is 19.3. The van der Waals surface area contributed by atoms with E-state index in [-0.39, 0.29) is 12.0 Å². The molecule has 0 unspecified atom stereocenters. The van der Waals surface area contributed by atoms with Crippen molar-refractivity contribution in [2.75, 3.05) is 44.3 Å². The molecule has 0 saturated carbocycles. The topological polar surface area (TPSA) is 112 Å². The second kappa shape index (κ2) is 12.2. The summed E-state index contributed by atoms with van der Waals surface area (Å²) < 4.78 is 11.6. The van der Waals surface area contributed by atoms with E-state index in [1.165, 1.54) is 12.6 Å². The number of carbonyl (C=O) groups is 1. The molecule has 1 N–H and O–H groups in total. The number of rotatable bonds is 7. The van der Waals surface area contributed by atoms with Gasteiger partial charge in [0.2, 0.25) is 0 Å². The zero-order valence-electron chi connectivity index (χ0n) is 22.1. The first-order valence-corrected chi connectivity index (χ1v) is 13.4. The molecule has 0 aliphatic carbocycles. The van der Waals surface area contributed by atoms with Gasteiger partial charge in [-0.2, -0.15) is 5.26 Å². The maximum atomic E-state index is 12.0. The van der Waals surface area contributed by atoms with Gasteiger partial charge in [0.15, 0.2) is 0 Å². The van der Waals surface area contributed by atoms with Crippen molar-refractivity contribution in [3.05, 3.63) is 71.7 Å². The van der Waals surface area contributed by atoms with Crippen molar-refractivity contribution in [2.24, 2.45) is 0 Å². The normalized spacial score (nSPS) is 16.9. The lowest BCUT2D eigenvalue weighted by Crippen LogP contribution is -2.45. The van der Waals surface area contributed by atoms with Crippen LogP contribution in [0.4, 0.5) is 5.69 Å². The lowest BCUT2D eigenvalue weighted by molar-refractivity contribution is -0.141. The van der Waals surface area contributed by atoms with Crippen LogP contribution in [0.2, 0.25) is 0 Å². The van der Waals surface area contributed by atoms with Crippen LogP contribution in [0, 0.1) is 11.3 Å². The molecule has 2 aliphatic rings. The first kappa shape index (κ1) is 26.6. The van der Waals surface area contributed by atoms with E-state index in [2.05, 4.69) is 40.2 Å². The molecule has 5 rings (SSSR count). The number of hydrogen-bond donors (Lipinski definition) is 1. The number of aromatic nitrogens is 2. The van der Waals surface area contributed by atoms with Gasteiger partial charge in [0, 0.05) is 62.9 Å². The number of piperidine rings is 1. The number of carbonyl (C=O) groups excluding carboxylic acids is 1. The van der Waals surface area contributed by atoms with Gasteiger partial charge in [0.1, 0.15) is 29.9 Å². The average Bonchev–Trinajstić information content (AvgIpc) is 2.98. The van der Waals surface area contributed by atoms with Crippen molar-refractivity contribution in [1.82, 2.24) is 14.9 Å². The van der Waals surface area contributed by atoms with E-state index < -0.39 is 6.10 Å². The summed E-state index contributed by atoms with van der Waals surface area (Å²) in [7, 11) is 0. The number of amides is 1. The van der Waals surface area contributed by atoms with E-state index in [9.17, 15) is 15.2 Å². The van der Waals surface area contributed by atoms with E-state index in [1.807, 2.05) is 18.2 Å². The van der Waals surface area contributed by atoms with E-state index in [1.54, 1.807) is 17.2 Å². The molecule has 1 atom stereocenters. The number of nitriles is 1. The highest BCUT2D eigenvalue weighted by molar-refractivity contribution is 5.80. The zero-order valence-corrected chi connectivity index (χ0v) is 22.1. The molecule has 0 radical (unpaired) electrons. The fraction of sp³-hybridized carbons (Fsp3) is 0.400. The summed E-state index contributed by atoms with van der Waals surface area (Å²) >= 11 is 0. The highest BCUT2D eigenvalue weighted by Crippen LogP contribution is 2.28. The minimum atomic E-state index is -0.997. The molecule has 3 heterocycles. The summed E-state index contributed by atoms with van der Waals surface area (Å²) in [6.45, 7) is 5.86. The molecule has 1 aromatic heterocycles. The molecular formula is C30H33N5O4. The summed E-state index contributed by atoms with van der Waals surface area (Å²) in [4.78, 5) is 25.2. The SMILES string of the molecule is C[C@@H](O)C(=O)N1CCC(Oc2ccc(-c3ccnc(Cc4ccc(N5CCOCC5)cc4)n3)cc2C#N)CC1. The van der Waals surface area contributed by atoms with Crippen molar-refractivity contribution in [2.45, 2.75) is 38.4 Å². The number of likely N-dealkylation sites (tertiary alicyclic amines) is 1. The Labute approximate surface area is 228 Å². The lowest BCUT2D eigenvalue weighted by Gasteiger charge is -2.33. The molecule has 2 fully saturated rings. The largest absolute Gasteiger partial charge is 0.489 e. The Morgan fingerprint density at radius 3 is 2.56 bits per heavy atom. The maximum absolute atomic E-state index is 12.0. The van der Waals surface area contributed by atoms with Crippen molar-refractivity contribution in [3.63, 3.8) is 0 Å². The number of hydrogen-bond acceptors (Lipinski definition) is 8. The number of aliphatic hydroxyl groups excluding tert-OH is 1. The Bertz CT molecular complexity index is 1320. The van der Waals surface area contributed by atoms with Gasteiger partial charge >= 0.3 is 0 Å². The van der Waals surface area contributed by atoms with Gasteiger partial charge in [0.25, 0.3) is 5.91 Å². The number of nitrogens with zero attached hydrogens (tertiary/aromatic N) is 5. The zero-order chi connectivity index (χ0) is 27.2. The highest BCUT2D eigenvalue weighted by Gasteiger charge is 2.26. The first-order chi connectivity index (χ1) is 19.0. The van der Waals surface area contributed by atoms with Crippen LogP contribution < -0.4 is 9.64 Å². The van der Waals surface area contributed by atoms with Gasteiger partial charge in [0.05, 0.1) is 24.5 Å². The highest BCUT2D eigenvalue weighted by atomic mass is 16.5. The monoisotopic (exact) mass is 527 g/mol. The number of benzene rings is 2. The predicted molar refractivity (Wildman–Crippen MR) is 146 cm³/mol. The second-order valence-electron chi connectivity index (χ2n) is 9.94. The smallest absolute Gasteiger partial charge is 0.251 e. The quantitative estimate of drug-likeness (QED) is 0.499. The molecule has 1 amide bonds. The minimum absolute atomic E-state index is 0.0960. The van der Waals surface area contributed by atoms with Gasteiger partial charge in [-0.1, -0.05) is 12.1 Å². The van der Waals surface area contributed by atoms with Gasteiger partial charge in [-0.25, -0.2) is 9.97 Å². The van der Waals surface area contributed by atoms with Crippen molar-refractivity contribution < 1.29 is 19.4 Å². The lowest BCUT2D eigenvalue weighted by atomic mass is 10.1. The molecule has 0 bridgehead atoms. The molecule has 39 heavy (non-hydrogen) atoms. The summed E-state index contributed by atoms with van der Waals surface area (Å²) in [6.07, 6.45) is 2.56. The number of aliphatic hydroxyl groups is 1. The van der Waals surface area contributed by atoms with E-state index in [0.717, 1.165) is 43.1 Å². The van der Waals surface area contributed by atoms with Gasteiger partial charge in [-0.3, -0.25) is 4.79 Å². The molecular weight excluding hydrogens is 494 g/mol. The van der Waals surface area contributed by atoms with Crippen LogP contribution in [-0.4, -0.2) is 77.5 Å². The van der Waals surface area contributed by atoms with E-state index in [4.69, 9.17) is 14.5 Å². The first-order valence-electron chi connectivity index (χ1n) is 13.4. The molecule has 202 valence electrons. The minimum Gasteiger partial charge on any atom is -0.489 e. The van der Waals surface area contributed by atoms with Crippen LogP contribution in [-0.2, 0) is 16.0 Å². The standard InChI is InChI=1S/C30H33N5O4/c1-21(36)30(37)35-12-9-26(10-13-35)39-28-7-4-23(19-24(28)20-31)27-8-11-32-29(33-27)18-22-2-5-25(6-3-22)34-14-16-38-17-15-34/h2-8,11,19,21,26,36H,9-10,12-18H2,1H3/t21-/m1/s1. The number of anilines is 1. The summed E-state index contributed by atoms with van der Waals surface area (Å²) in [5.74, 6) is 0.977. The fourth-order valence-electron chi connectivity index (χ4n) is 4.99. The Hall–Kier alpha value is -4.00. The Morgan fingerprint density at radius 2 is 1.87 bits per heavy atom. The van der Waals surface area contributed by atoms with E-state index >= 15 is 0 Å². The Morgan fingerprint density at radius 1 is 1.13 bits per heavy atom. The molecule has 9 heteroatoms. The van der Waals surface area contributed by atoms with Crippen LogP contribution in [0.1, 0.15) is 36.7 Å². The second-order valence-corrected chi connectivity index (χ2v) is 9.94. The molecule has 9 nitrogen and oxygen atoms in total. The molecule has 2 saturated heterocycles. The summed E-state index contributed by atoms with van der Waals surface area (Å²) in [6, 6.07) is 18.1. The van der Waals surface area contributed by atoms with Crippen LogP contribution in [0.5, 0.6) is 5.75 Å². The van der Waals surface area contributed by atoms with Crippen LogP contribution in [0.3, 0.4) is 0 Å². The average molecular weight is 528 g/mol. The van der Waals surface area contributed by atoms with Crippen LogP contribution in [0.25, 0.3) is 11.3 Å². The fourth-order valence-corrected chi connectivity index (χ4v) is 4.99. The third-order valence-electron chi connectivity index (χ3n) is 7.18. The summed E-state index contributed by atoms with van der Waals surface area (Å²) in [5.41, 5.74) is 4.34. The van der Waals surface area contributed by atoms with E-state index in [0.29, 0.717) is 49.5 Å². The molecule has 2 aromatic carbocycles. The van der Waals surface area contributed by atoms with Gasteiger partial charge in [-0.05, 0) is 48.9 Å². The third kappa shape index (κ3) is 6.53. The molecule has 3 aromatic rings. The van der Waals surface area contributed by atoms with Gasteiger partial charge in [-0.15, -0.1) is 0 Å². The Balaban J connectivity index is 1.23. The predicted octanol–water partition coefficient (Wildman–Crippen LogP) is 3.19. The molecule has 0 spiro atoms. The third-order valence-corrected chi connectivity index (χ3v) is 7.18. The van der Waals surface area contributed by atoms with Gasteiger partial charge < -0.3 is 24.4 Å².